The topological polar surface area (TPSA) is 37.4 Å². The van der Waals surface area contributed by atoms with E-state index < -0.39 is 0 Å². The van der Waals surface area contributed by atoms with E-state index in [0.29, 0.717) is 12.8 Å². The maximum atomic E-state index is 12.3. The van der Waals surface area contributed by atoms with Gasteiger partial charge in [0.25, 0.3) is 0 Å². The number of carbonyl (C=O) groups is 2. The molecule has 1 aromatic rings. The minimum atomic E-state index is 0.0940. The maximum absolute atomic E-state index is 12.3. The third-order valence-electron chi connectivity index (χ3n) is 4.58. The second-order valence-electron chi connectivity index (χ2n) is 5.89. The molecule has 0 aromatic heterocycles. The summed E-state index contributed by atoms with van der Waals surface area (Å²) in [7, 11) is 0. The summed E-state index contributed by atoms with van der Waals surface area (Å²) in [5, 5.41) is 0. The van der Waals surface area contributed by atoms with Crippen molar-refractivity contribution in [1.29, 1.82) is 0 Å². The number of fused-ring (bicyclic) bond motifs is 1. The lowest BCUT2D eigenvalue weighted by molar-refractivity contribution is -0.130. The van der Waals surface area contributed by atoms with Gasteiger partial charge in [0, 0.05) is 37.4 Å². The lowest BCUT2D eigenvalue weighted by atomic mass is 9.96. The highest BCUT2D eigenvalue weighted by Gasteiger charge is 2.32. The van der Waals surface area contributed by atoms with Crippen LogP contribution in [0.3, 0.4) is 0 Å². The number of Topliss-reactive ketones (excluding diaryl/α,β-unsaturated/α-hetero) is 1. The predicted molar refractivity (Wildman–Crippen MR) is 77.9 cm³/mol. The van der Waals surface area contributed by atoms with Crippen molar-refractivity contribution >= 4 is 11.7 Å². The number of hydrogen-bond acceptors (Lipinski definition) is 2. The summed E-state index contributed by atoms with van der Waals surface area (Å²) in [6.45, 7) is 3.87. The van der Waals surface area contributed by atoms with E-state index in [0.717, 1.165) is 43.5 Å². The van der Waals surface area contributed by atoms with E-state index in [1.165, 1.54) is 5.56 Å². The van der Waals surface area contributed by atoms with Gasteiger partial charge in [-0.05, 0) is 36.5 Å². The van der Waals surface area contributed by atoms with Crippen LogP contribution in [0.15, 0.2) is 18.2 Å². The summed E-state index contributed by atoms with van der Waals surface area (Å²) in [4.78, 5) is 26.3. The van der Waals surface area contributed by atoms with E-state index in [-0.39, 0.29) is 17.6 Å². The molecule has 0 N–H and O–H groups in total. The van der Waals surface area contributed by atoms with Crippen molar-refractivity contribution in [2.75, 3.05) is 13.1 Å². The van der Waals surface area contributed by atoms with E-state index >= 15 is 0 Å². The molecule has 1 unspecified atom stereocenters. The molecule has 1 aromatic carbocycles. The third-order valence-corrected chi connectivity index (χ3v) is 4.58. The lowest BCUT2D eigenvalue weighted by Crippen LogP contribution is -2.28. The molecule has 0 saturated carbocycles. The maximum Gasteiger partial charge on any atom is 0.223 e. The molecule has 3 nitrogen and oxygen atoms in total. The zero-order valence-corrected chi connectivity index (χ0v) is 12.0. The first-order valence-electron chi connectivity index (χ1n) is 7.63. The minimum absolute atomic E-state index is 0.0940. The summed E-state index contributed by atoms with van der Waals surface area (Å²) < 4.78 is 0. The summed E-state index contributed by atoms with van der Waals surface area (Å²) in [6.07, 6.45) is 4.17. The molecule has 1 saturated heterocycles. The number of hydrogen-bond donors (Lipinski definition) is 0. The number of nitrogens with zero attached hydrogens (tertiary/aromatic N) is 1. The molecule has 1 atom stereocenters. The normalized spacial score (nSPS) is 21.4. The van der Waals surface area contributed by atoms with Crippen LogP contribution in [0.25, 0.3) is 0 Å². The highest BCUT2D eigenvalue weighted by atomic mass is 16.2. The zero-order valence-electron chi connectivity index (χ0n) is 12.0. The van der Waals surface area contributed by atoms with Gasteiger partial charge in [0.1, 0.15) is 0 Å². The van der Waals surface area contributed by atoms with Gasteiger partial charge in [0.2, 0.25) is 5.91 Å². The van der Waals surface area contributed by atoms with Crippen molar-refractivity contribution in [3.05, 3.63) is 34.9 Å². The molecular formula is C17H21NO2. The Morgan fingerprint density at radius 1 is 1.30 bits per heavy atom. The van der Waals surface area contributed by atoms with Crippen molar-refractivity contribution < 1.29 is 9.59 Å². The predicted octanol–water partition coefficient (Wildman–Crippen LogP) is 2.93. The molecule has 3 rings (SSSR count). The van der Waals surface area contributed by atoms with Crippen LogP contribution < -0.4 is 0 Å². The number of likely N-dealkylation sites (tertiary alicyclic amines) is 1. The van der Waals surface area contributed by atoms with Gasteiger partial charge in [-0.3, -0.25) is 9.59 Å². The molecule has 1 heterocycles. The van der Waals surface area contributed by atoms with E-state index in [4.69, 9.17) is 0 Å². The molecule has 1 fully saturated rings. The van der Waals surface area contributed by atoms with Crippen LogP contribution in [-0.2, 0) is 11.2 Å². The Morgan fingerprint density at radius 3 is 2.75 bits per heavy atom. The van der Waals surface area contributed by atoms with Crippen molar-refractivity contribution in [2.24, 2.45) is 0 Å². The Kier molecular flexibility index (Phi) is 3.60. The molecule has 3 heteroatoms. The number of rotatable bonds is 3. The SMILES string of the molecule is CCc1ccc2c(c1)C(=O)CC2CC(=O)N1CCCC1. The first kappa shape index (κ1) is 13.3. The largest absolute Gasteiger partial charge is 0.343 e. The van der Waals surface area contributed by atoms with E-state index in [9.17, 15) is 9.59 Å². The minimum Gasteiger partial charge on any atom is -0.343 e. The molecule has 106 valence electrons. The number of ketones is 1. The van der Waals surface area contributed by atoms with Gasteiger partial charge >= 0.3 is 0 Å². The summed E-state index contributed by atoms with van der Waals surface area (Å²) in [5.41, 5.74) is 3.13. The van der Waals surface area contributed by atoms with Gasteiger partial charge in [-0.25, -0.2) is 0 Å². The lowest BCUT2D eigenvalue weighted by Gasteiger charge is -2.18. The van der Waals surface area contributed by atoms with Gasteiger partial charge in [-0.1, -0.05) is 19.1 Å². The summed E-state index contributed by atoms with van der Waals surface area (Å²) >= 11 is 0. The Morgan fingerprint density at radius 2 is 2.05 bits per heavy atom. The van der Waals surface area contributed by atoms with Crippen molar-refractivity contribution in [3.63, 3.8) is 0 Å². The number of aryl methyl sites for hydroxylation is 1. The second kappa shape index (κ2) is 5.39. The van der Waals surface area contributed by atoms with E-state index in [1.807, 2.05) is 11.0 Å². The van der Waals surface area contributed by atoms with Gasteiger partial charge in [0.05, 0.1) is 0 Å². The van der Waals surface area contributed by atoms with Gasteiger partial charge in [0.15, 0.2) is 5.78 Å². The van der Waals surface area contributed by atoms with Crippen LogP contribution in [0.4, 0.5) is 0 Å². The van der Waals surface area contributed by atoms with Crippen molar-refractivity contribution in [2.45, 2.75) is 44.9 Å². The molecule has 1 aliphatic carbocycles. The number of carbonyl (C=O) groups excluding carboxylic acids is 2. The quantitative estimate of drug-likeness (QED) is 0.847. The smallest absolute Gasteiger partial charge is 0.223 e. The van der Waals surface area contributed by atoms with Gasteiger partial charge in [-0.2, -0.15) is 0 Å². The molecule has 2 aliphatic rings. The summed E-state index contributed by atoms with van der Waals surface area (Å²) in [6, 6.07) is 6.16. The first-order valence-corrected chi connectivity index (χ1v) is 7.63. The van der Waals surface area contributed by atoms with Crippen LogP contribution >= 0.6 is 0 Å². The highest BCUT2D eigenvalue weighted by molar-refractivity contribution is 6.02. The molecule has 1 amide bonds. The van der Waals surface area contributed by atoms with Crippen LogP contribution in [-0.4, -0.2) is 29.7 Å². The van der Waals surface area contributed by atoms with Crippen molar-refractivity contribution in [3.8, 4) is 0 Å². The van der Waals surface area contributed by atoms with Crippen LogP contribution in [0.1, 0.15) is 60.0 Å². The first-order chi connectivity index (χ1) is 9.69. The van der Waals surface area contributed by atoms with E-state index in [1.54, 1.807) is 0 Å². The fraction of sp³-hybridized carbons (Fsp3) is 0.529. The zero-order chi connectivity index (χ0) is 14.1. The molecule has 20 heavy (non-hydrogen) atoms. The third kappa shape index (κ3) is 2.37. The van der Waals surface area contributed by atoms with Crippen LogP contribution in [0.2, 0.25) is 0 Å². The molecule has 0 radical (unpaired) electrons. The number of amides is 1. The fourth-order valence-corrected chi connectivity index (χ4v) is 3.35. The Labute approximate surface area is 120 Å². The van der Waals surface area contributed by atoms with Crippen LogP contribution in [0, 0.1) is 0 Å². The molecule has 1 aliphatic heterocycles. The van der Waals surface area contributed by atoms with E-state index in [2.05, 4.69) is 19.1 Å². The molecular weight excluding hydrogens is 250 g/mol. The second-order valence-corrected chi connectivity index (χ2v) is 5.89. The van der Waals surface area contributed by atoms with Gasteiger partial charge < -0.3 is 4.90 Å². The fourth-order valence-electron chi connectivity index (χ4n) is 3.35. The van der Waals surface area contributed by atoms with Crippen LogP contribution in [0.5, 0.6) is 0 Å². The molecule has 0 bridgehead atoms. The monoisotopic (exact) mass is 271 g/mol. The Hall–Kier alpha value is -1.64. The number of benzene rings is 1. The average molecular weight is 271 g/mol. The van der Waals surface area contributed by atoms with Crippen molar-refractivity contribution in [1.82, 2.24) is 4.90 Å². The van der Waals surface area contributed by atoms with Gasteiger partial charge in [-0.15, -0.1) is 0 Å². The standard InChI is InChI=1S/C17H21NO2/c1-2-12-5-6-14-13(10-16(19)15(14)9-12)11-17(20)18-7-3-4-8-18/h5-6,9,13H,2-4,7-8,10-11H2,1H3. The summed E-state index contributed by atoms with van der Waals surface area (Å²) in [5.74, 6) is 0.513. The average Bonchev–Trinajstić information content (AvgIpc) is 3.08. The molecule has 0 spiro atoms. The Bertz CT molecular complexity index is 544. The Balaban J connectivity index is 1.77. The highest BCUT2D eigenvalue weighted by Crippen LogP contribution is 2.36.